The molecule has 1 aromatic rings. The molecule has 2 N–H and O–H groups in total. The molecule has 0 spiro atoms. The topological polar surface area (TPSA) is 74.0 Å². The number of carbonyl (C=O) groups excluding carboxylic acids is 1. The Morgan fingerprint density at radius 2 is 2.16 bits per heavy atom. The third-order valence-corrected chi connectivity index (χ3v) is 3.33. The number of morpholine rings is 1. The molecular formula is C13H16N2O4. The van der Waals surface area contributed by atoms with Gasteiger partial charge in [0.1, 0.15) is 6.61 Å². The summed E-state index contributed by atoms with van der Waals surface area (Å²) in [6, 6.07) is 5.39. The number of hydrogen-bond donors (Lipinski definition) is 1. The SMILES string of the molecule is NC(CN1CCOCC1=O)c1ccc2c(c1)OCO2. The Balaban J connectivity index is 1.69. The molecule has 0 bridgehead atoms. The molecule has 2 aliphatic rings. The Morgan fingerprint density at radius 1 is 1.32 bits per heavy atom. The number of hydrogen-bond acceptors (Lipinski definition) is 5. The summed E-state index contributed by atoms with van der Waals surface area (Å²) in [5.41, 5.74) is 7.08. The lowest BCUT2D eigenvalue weighted by Crippen LogP contribution is -2.44. The van der Waals surface area contributed by atoms with Gasteiger partial charge in [-0.05, 0) is 17.7 Å². The van der Waals surface area contributed by atoms with Gasteiger partial charge in [0.25, 0.3) is 0 Å². The average molecular weight is 264 g/mol. The molecule has 1 aromatic carbocycles. The molecule has 0 saturated carbocycles. The normalized spacial score (nSPS) is 19.6. The Bertz CT molecular complexity index is 492. The zero-order valence-corrected chi connectivity index (χ0v) is 10.5. The molecule has 3 rings (SSSR count). The van der Waals surface area contributed by atoms with E-state index in [1.54, 1.807) is 4.90 Å². The van der Waals surface area contributed by atoms with Crippen LogP contribution in [0.15, 0.2) is 18.2 Å². The highest BCUT2D eigenvalue weighted by Crippen LogP contribution is 2.33. The number of nitrogens with two attached hydrogens (primary N) is 1. The van der Waals surface area contributed by atoms with Gasteiger partial charge in [0, 0.05) is 19.1 Å². The predicted octanol–water partition coefficient (Wildman–Crippen LogP) is 0.274. The molecule has 1 amide bonds. The molecule has 1 atom stereocenters. The van der Waals surface area contributed by atoms with Crippen LogP contribution in [0.25, 0.3) is 0 Å². The number of amides is 1. The highest BCUT2D eigenvalue weighted by atomic mass is 16.7. The Morgan fingerprint density at radius 3 is 3.00 bits per heavy atom. The Kier molecular flexibility index (Phi) is 3.27. The zero-order chi connectivity index (χ0) is 13.2. The van der Waals surface area contributed by atoms with E-state index in [2.05, 4.69) is 0 Å². The lowest BCUT2D eigenvalue weighted by Gasteiger charge is -2.29. The highest BCUT2D eigenvalue weighted by molar-refractivity contribution is 5.78. The molecule has 2 heterocycles. The highest BCUT2D eigenvalue weighted by Gasteiger charge is 2.22. The van der Waals surface area contributed by atoms with Crippen molar-refractivity contribution in [2.24, 2.45) is 5.73 Å². The zero-order valence-electron chi connectivity index (χ0n) is 10.5. The standard InChI is InChI=1S/C13H16N2O4/c14-10(6-15-3-4-17-7-13(15)16)9-1-2-11-12(5-9)19-8-18-11/h1-2,5,10H,3-4,6-8,14H2. The summed E-state index contributed by atoms with van der Waals surface area (Å²) in [7, 11) is 0. The first-order valence-corrected chi connectivity index (χ1v) is 6.24. The van der Waals surface area contributed by atoms with E-state index in [9.17, 15) is 4.79 Å². The van der Waals surface area contributed by atoms with Crippen molar-refractivity contribution < 1.29 is 19.0 Å². The molecule has 1 fully saturated rings. The summed E-state index contributed by atoms with van der Waals surface area (Å²) < 4.78 is 15.7. The molecule has 1 saturated heterocycles. The minimum Gasteiger partial charge on any atom is -0.454 e. The predicted molar refractivity (Wildman–Crippen MR) is 66.9 cm³/mol. The van der Waals surface area contributed by atoms with Crippen molar-refractivity contribution >= 4 is 5.91 Å². The lowest BCUT2D eigenvalue weighted by atomic mass is 10.1. The summed E-state index contributed by atoms with van der Waals surface area (Å²) in [5, 5.41) is 0. The van der Waals surface area contributed by atoms with Gasteiger partial charge in [-0.3, -0.25) is 4.79 Å². The second-order valence-corrected chi connectivity index (χ2v) is 4.61. The number of benzene rings is 1. The molecular weight excluding hydrogens is 248 g/mol. The fraction of sp³-hybridized carbons (Fsp3) is 0.462. The monoisotopic (exact) mass is 264 g/mol. The van der Waals surface area contributed by atoms with E-state index in [0.717, 1.165) is 11.3 Å². The minimum atomic E-state index is -0.239. The first-order valence-electron chi connectivity index (χ1n) is 6.24. The van der Waals surface area contributed by atoms with Crippen molar-refractivity contribution in [1.82, 2.24) is 4.90 Å². The second kappa shape index (κ2) is 5.07. The van der Waals surface area contributed by atoms with Crippen LogP contribution in [0.1, 0.15) is 11.6 Å². The number of carbonyl (C=O) groups is 1. The van der Waals surface area contributed by atoms with Gasteiger partial charge in [-0.1, -0.05) is 6.07 Å². The first-order chi connectivity index (χ1) is 9.24. The summed E-state index contributed by atoms with van der Waals surface area (Å²) in [4.78, 5) is 13.4. The number of ether oxygens (including phenoxy) is 3. The Hall–Kier alpha value is -1.79. The molecule has 0 aliphatic carbocycles. The first kappa shape index (κ1) is 12.3. The lowest BCUT2D eigenvalue weighted by molar-refractivity contribution is -0.142. The molecule has 19 heavy (non-hydrogen) atoms. The van der Waals surface area contributed by atoms with Gasteiger partial charge < -0.3 is 24.8 Å². The van der Waals surface area contributed by atoms with Crippen LogP contribution in [0.2, 0.25) is 0 Å². The fourth-order valence-electron chi connectivity index (χ4n) is 2.23. The van der Waals surface area contributed by atoms with Crippen LogP contribution in [0.3, 0.4) is 0 Å². The fourth-order valence-corrected chi connectivity index (χ4v) is 2.23. The number of fused-ring (bicyclic) bond motifs is 1. The van der Waals surface area contributed by atoms with Crippen LogP contribution in [0.4, 0.5) is 0 Å². The van der Waals surface area contributed by atoms with Crippen molar-refractivity contribution in [2.75, 3.05) is 33.1 Å². The summed E-state index contributed by atoms with van der Waals surface area (Å²) in [6.45, 7) is 2.04. The average Bonchev–Trinajstić information content (AvgIpc) is 2.88. The summed E-state index contributed by atoms with van der Waals surface area (Å²) in [5.74, 6) is 1.43. The van der Waals surface area contributed by atoms with Gasteiger partial charge >= 0.3 is 0 Å². The summed E-state index contributed by atoms with van der Waals surface area (Å²) in [6.07, 6.45) is 0. The largest absolute Gasteiger partial charge is 0.454 e. The van der Waals surface area contributed by atoms with Gasteiger partial charge in [-0.2, -0.15) is 0 Å². The van der Waals surface area contributed by atoms with Crippen molar-refractivity contribution in [2.45, 2.75) is 6.04 Å². The van der Waals surface area contributed by atoms with E-state index in [0.29, 0.717) is 25.4 Å². The third kappa shape index (κ3) is 2.50. The van der Waals surface area contributed by atoms with Gasteiger partial charge in [0.05, 0.1) is 6.61 Å². The van der Waals surface area contributed by atoms with Crippen LogP contribution < -0.4 is 15.2 Å². The molecule has 2 aliphatic heterocycles. The van der Waals surface area contributed by atoms with Gasteiger partial charge in [-0.25, -0.2) is 0 Å². The van der Waals surface area contributed by atoms with Crippen LogP contribution in [0.5, 0.6) is 11.5 Å². The Labute approximate surface area is 111 Å². The quantitative estimate of drug-likeness (QED) is 0.848. The van der Waals surface area contributed by atoms with Crippen LogP contribution in [-0.4, -0.2) is 43.9 Å². The summed E-state index contributed by atoms with van der Waals surface area (Å²) >= 11 is 0. The molecule has 0 aromatic heterocycles. The van der Waals surface area contributed by atoms with E-state index in [1.807, 2.05) is 18.2 Å². The molecule has 102 valence electrons. The van der Waals surface area contributed by atoms with E-state index in [-0.39, 0.29) is 25.3 Å². The molecule has 1 unspecified atom stereocenters. The van der Waals surface area contributed by atoms with Gasteiger partial charge in [0.15, 0.2) is 11.5 Å². The third-order valence-electron chi connectivity index (χ3n) is 3.33. The van der Waals surface area contributed by atoms with Crippen molar-refractivity contribution in [3.8, 4) is 11.5 Å². The van der Waals surface area contributed by atoms with E-state index >= 15 is 0 Å². The van der Waals surface area contributed by atoms with Crippen molar-refractivity contribution in [3.63, 3.8) is 0 Å². The molecule has 0 radical (unpaired) electrons. The number of nitrogens with zero attached hydrogens (tertiary/aromatic N) is 1. The minimum absolute atomic E-state index is 0.0116. The van der Waals surface area contributed by atoms with E-state index in [1.165, 1.54) is 0 Å². The second-order valence-electron chi connectivity index (χ2n) is 4.61. The maximum Gasteiger partial charge on any atom is 0.248 e. The van der Waals surface area contributed by atoms with Crippen LogP contribution >= 0.6 is 0 Å². The number of rotatable bonds is 3. The van der Waals surface area contributed by atoms with E-state index in [4.69, 9.17) is 19.9 Å². The smallest absolute Gasteiger partial charge is 0.248 e. The molecule has 6 nitrogen and oxygen atoms in total. The maximum atomic E-state index is 11.6. The molecule has 6 heteroatoms. The van der Waals surface area contributed by atoms with Crippen molar-refractivity contribution in [1.29, 1.82) is 0 Å². The van der Waals surface area contributed by atoms with Crippen LogP contribution in [-0.2, 0) is 9.53 Å². The van der Waals surface area contributed by atoms with Gasteiger partial charge in [0.2, 0.25) is 12.7 Å². The van der Waals surface area contributed by atoms with Crippen LogP contribution in [0, 0.1) is 0 Å². The van der Waals surface area contributed by atoms with Crippen molar-refractivity contribution in [3.05, 3.63) is 23.8 Å². The van der Waals surface area contributed by atoms with Gasteiger partial charge in [-0.15, -0.1) is 0 Å². The maximum absolute atomic E-state index is 11.6. The van der Waals surface area contributed by atoms with E-state index < -0.39 is 0 Å².